The molecule has 1 aliphatic rings. The fraction of sp³-hybridized carbons (Fsp3) is 0.333. The maximum absolute atomic E-state index is 12.8. The van der Waals surface area contributed by atoms with Gasteiger partial charge in [-0.2, -0.15) is 4.31 Å². The number of rotatable bonds is 6. The van der Waals surface area contributed by atoms with Crippen LogP contribution in [0.15, 0.2) is 57.9 Å². The number of hydrogen-bond donors (Lipinski definition) is 2. The number of amides is 2. The standard InChI is InChI=1S/C21H24BrN3O4S/c1-15-12-17(22)9-10-19(15)24-20(26)13-23-21(27)16-6-5-11-25(14-16)30(28,29)18-7-3-2-4-8-18/h2-4,7-10,12,16H,5-6,11,13-14H2,1H3,(H,23,27)(H,24,26). The van der Waals surface area contributed by atoms with Gasteiger partial charge in [-0.25, -0.2) is 8.42 Å². The Morgan fingerprint density at radius 2 is 1.90 bits per heavy atom. The third-order valence-electron chi connectivity index (χ3n) is 5.02. The molecular weight excluding hydrogens is 470 g/mol. The van der Waals surface area contributed by atoms with Crippen LogP contribution in [0.4, 0.5) is 5.69 Å². The summed E-state index contributed by atoms with van der Waals surface area (Å²) in [5.74, 6) is -1.14. The fourth-order valence-corrected chi connectivity index (χ4v) is 5.41. The fourth-order valence-electron chi connectivity index (χ4n) is 3.39. The minimum atomic E-state index is -3.64. The van der Waals surface area contributed by atoms with Gasteiger partial charge >= 0.3 is 0 Å². The second-order valence-electron chi connectivity index (χ2n) is 7.24. The lowest BCUT2D eigenvalue weighted by Crippen LogP contribution is -2.46. The summed E-state index contributed by atoms with van der Waals surface area (Å²) in [5.41, 5.74) is 1.58. The molecule has 1 aliphatic heterocycles. The van der Waals surface area contributed by atoms with Crippen LogP contribution >= 0.6 is 15.9 Å². The highest BCUT2D eigenvalue weighted by atomic mass is 79.9. The van der Waals surface area contributed by atoms with Crippen LogP contribution in [0.5, 0.6) is 0 Å². The summed E-state index contributed by atoms with van der Waals surface area (Å²) in [4.78, 5) is 25.0. The number of halogens is 1. The first-order valence-corrected chi connectivity index (χ1v) is 11.9. The van der Waals surface area contributed by atoms with Crippen molar-refractivity contribution < 1.29 is 18.0 Å². The van der Waals surface area contributed by atoms with Crippen molar-refractivity contribution in [3.8, 4) is 0 Å². The molecule has 9 heteroatoms. The molecule has 0 spiro atoms. The first kappa shape index (κ1) is 22.5. The van der Waals surface area contributed by atoms with Crippen molar-refractivity contribution in [2.24, 2.45) is 5.92 Å². The number of hydrogen-bond acceptors (Lipinski definition) is 4. The molecule has 0 saturated carbocycles. The summed E-state index contributed by atoms with van der Waals surface area (Å²) in [7, 11) is -3.64. The molecule has 0 bridgehead atoms. The highest BCUT2D eigenvalue weighted by Gasteiger charge is 2.33. The van der Waals surface area contributed by atoms with Gasteiger partial charge < -0.3 is 10.6 Å². The van der Waals surface area contributed by atoms with Crippen LogP contribution in [0.3, 0.4) is 0 Å². The number of piperidine rings is 1. The Morgan fingerprint density at radius 1 is 1.17 bits per heavy atom. The second-order valence-corrected chi connectivity index (χ2v) is 10.1. The molecule has 2 amide bonds. The van der Waals surface area contributed by atoms with Crippen LogP contribution in [-0.2, 0) is 19.6 Å². The van der Waals surface area contributed by atoms with E-state index in [9.17, 15) is 18.0 Å². The van der Waals surface area contributed by atoms with Crippen molar-refractivity contribution in [3.05, 3.63) is 58.6 Å². The number of sulfonamides is 1. The Bertz CT molecular complexity index is 1030. The van der Waals surface area contributed by atoms with Crippen molar-refractivity contribution in [2.45, 2.75) is 24.7 Å². The van der Waals surface area contributed by atoms with Crippen molar-refractivity contribution in [1.29, 1.82) is 0 Å². The summed E-state index contributed by atoms with van der Waals surface area (Å²) in [6, 6.07) is 13.7. The minimum absolute atomic E-state index is 0.108. The molecule has 1 heterocycles. The topological polar surface area (TPSA) is 95.6 Å². The zero-order valence-electron chi connectivity index (χ0n) is 16.6. The molecule has 0 aliphatic carbocycles. The van der Waals surface area contributed by atoms with E-state index in [0.29, 0.717) is 25.1 Å². The number of anilines is 1. The van der Waals surface area contributed by atoms with Crippen LogP contribution in [-0.4, -0.2) is 44.2 Å². The summed E-state index contributed by atoms with van der Waals surface area (Å²) in [6.45, 7) is 2.19. The van der Waals surface area contributed by atoms with E-state index in [4.69, 9.17) is 0 Å². The maximum Gasteiger partial charge on any atom is 0.243 e. The van der Waals surface area contributed by atoms with Crippen molar-refractivity contribution in [3.63, 3.8) is 0 Å². The van der Waals surface area contributed by atoms with Gasteiger partial charge in [0.1, 0.15) is 0 Å². The number of nitrogens with one attached hydrogen (secondary N) is 2. The quantitative estimate of drug-likeness (QED) is 0.646. The number of carbonyl (C=O) groups is 2. The predicted octanol–water partition coefficient (Wildman–Crippen LogP) is 2.91. The largest absolute Gasteiger partial charge is 0.347 e. The van der Waals surface area contributed by atoms with E-state index < -0.39 is 15.9 Å². The van der Waals surface area contributed by atoms with Crippen LogP contribution in [0.2, 0.25) is 0 Å². The first-order valence-electron chi connectivity index (χ1n) is 9.66. The van der Waals surface area contributed by atoms with E-state index in [1.807, 2.05) is 19.1 Å². The minimum Gasteiger partial charge on any atom is -0.347 e. The van der Waals surface area contributed by atoms with E-state index in [2.05, 4.69) is 26.6 Å². The van der Waals surface area contributed by atoms with Crippen LogP contribution < -0.4 is 10.6 Å². The van der Waals surface area contributed by atoms with E-state index in [0.717, 1.165) is 10.0 Å². The normalized spacial score (nSPS) is 17.3. The zero-order chi connectivity index (χ0) is 21.7. The molecular formula is C21H24BrN3O4S. The molecule has 2 aromatic carbocycles. The molecule has 0 aromatic heterocycles. The van der Waals surface area contributed by atoms with Gasteiger partial charge in [-0.05, 0) is 55.7 Å². The van der Waals surface area contributed by atoms with Gasteiger partial charge in [0.25, 0.3) is 0 Å². The molecule has 2 aromatic rings. The van der Waals surface area contributed by atoms with Crippen molar-refractivity contribution in [1.82, 2.24) is 9.62 Å². The molecule has 7 nitrogen and oxygen atoms in total. The van der Waals surface area contributed by atoms with Gasteiger partial charge in [-0.15, -0.1) is 0 Å². The van der Waals surface area contributed by atoms with Gasteiger partial charge in [0, 0.05) is 23.2 Å². The molecule has 1 saturated heterocycles. The molecule has 30 heavy (non-hydrogen) atoms. The van der Waals surface area contributed by atoms with Gasteiger partial charge in [-0.3, -0.25) is 9.59 Å². The molecule has 0 radical (unpaired) electrons. The Morgan fingerprint density at radius 3 is 2.60 bits per heavy atom. The highest BCUT2D eigenvalue weighted by Crippen LogP contribution is 2.24. The number of nitrogens with zero attached hydrogens (tertiary/aromatic N) is 1. The molecule has 1 fully saturated rings. The van der Waals surface area contributed by atoms with Crippen molar-refractivity contribution >= 4 is 43.5 Å². The number of carbonyl (C=O) groups excluding carboxylic acids is 2. The lowest BCUT2D eigenvalue weighted by atomic mass is 9.99. The average molecular weight is 494 g/mol. The molecule has 2 N–H and O–H groups in total. The smallest absolute Gasteiger partial charge is 0.243 e. The van der Waals surface area contributed by atoms with E-state index in [1.54, 1.807) is 36.4 Å². The highest BCUT2D eigenvalue weighted by molar-refractivity contribution is 9.10. The molecule has 3 rings (SSSR count). The average Bonchev–Trinajstić information content (AvgIpc) is 2.74. The van der Waals surface area contributed by atoms with Gasteiger partial charge in [-0.1, -0.05) is 34.1 Å². The van der Waals surface area contributed by atoms with E-state index in [-0.39, 0.29) is 29.8 Å². The maximum atomic E-state index is 12.8. The zero-order valence-corrected chi connectivity index (χ0v) is 19.0. The Hall–Kier alpha value is -2.23. The van der Waals surface area contributed by atoms with Crippen molar-refractivity contribution in [2.75, 3.05) is 25.0 Å². The summed E-state index contributed by atoms with van der Waals surface area (Å²) in [5, 5.41) is 5.40. The van der Waals surface area contributed by atoms with Crippen LogP contribution in [0.25, 0.3) is 0 Å². The lowest BCUT2D eigenvalue weighted by Gasteiger charge is -2.31. The Kier molecular flexibility index (Phi) is 7.27. The molecule has 1 atom stereocenters. The van der Waals surface area contributed by atoms with Crippen LogP contribution in [0.1, 0.15) is 18.4 Å². The second kappa shape index (κ2) is 9.72. The van der Waals surface area contributed by atoms with E-state index >= 15 is 0 Å². The Balaban J connectivity index is 1.56. The van der Waals surface area contributed by atoms with E-state index in [1.165, 1.54) is 4.31 Å². The van der Waals surface area contributed by atoms with Gasteiger partial charge in [0.2, 0.25) is 21.8 Å². The number of aryl methyl sites for hydroxylation is 1. The molecule has 1 unspecified atom stereocenters. The lowest BCUT2D eigenvalue weighted by molar-refractivity contribution is -0.128. The van der Waals surface area contributed by atoms with Crippen LogP contribution in [0, 0.1) is 12.8 Å². The SMILES string of the molecule is Cc1cc(Br)ccc1NC(=O)CNC(=O)C1CCCN(S(=O)(=O)c2ccccc2)C1. The molecule has 160 valence electrons. The monoisotopic (exact) mass is 493 g/mol. The summed E-state index contributed by atoms with van der Waals surface area (Å²) in [6.07, 6.45) is 1.18. The third-order valence-corrected chi connectivity index (χ3v) is 7.39. The predicted molar refractivity (Wildman–Crippen MR) is 118 cm³/mol. The summed E-state index contributed by atoms with van der Waals surface area (Å²) >= 11 is 3.37. The first-order chi connectivity index (χ1) is 14.3. The Labute approximate surface area is 185 Å². The van der Waals surface area contributed by atoms with Gasteiger partial charge in [0.05, 0.1) is 17.4 Å². The summed E-state index contributed by atoms with van der Waals surface area (Å²) < 4.78 is 27.9. The van der Waals surface area contributed by atoms with Gasteiger partial charge in [0.15, 0.2) is 0 Å². The third kappa shape index (κ3) is 5.47. The number of benzene rings is 2.